The summed E-state index contributed by atoms with van der Waals surface area (Å²) in [6.45, 7) is 2.32. The van der Waals surface area contributed by atoms with Gasteiger partial charge in [0.1, 0.15) is 11.3 Å². The number of piperidine rings is 1. The van der Waals surface area contributed by atoms with E-state index in [0.29, 0.717) is 10.7 Å². The van der Waals surface area contributed by atoms with Crippen LogP contribution < -0.4 is 15.1 Å². The van der Waals surface area contributed by atoms with Crippen LogP contribution in [0.5, 0.6) is 0 Å². The van der Waals surface area contributed by atoms with Gasteiger partial charge in [0.05, 0.1) is 5.56 Å². The van der Waals surface area contributed by atoms with Crippen molar-refractivity contribution in [2.24, 2.45) is 5.92 Å². The minimum absolute atomic E-state index is 0.0411. The number of benzene rings is 1. The third-order valence-corrected chi connectivity index (χ3v) is 6.52. The van der Waals surface area contributed by atoms with Gasteiger partial charge in [-0.1, -0.05) is 29.5 Å². The van der Waals surface area contributed by atoms with Crippen LogP contribution in [0.15, 0.2) is 48.1 Å². The van der Waals surface area contributed by atoms with Gasteiger partial charge in [-0.2, -0.15) is 0 Å². The molecule has 1 N–H and O–H groups in total. The number of rotatable bonds is 4. The summed E-state index contributed by atoms with van der Waals surface area (Å²) >= 11 is 1.27. The Labute approximate surface area is 183 Å². The molecule has 2 aliphatic heterocycles. The maximum atomic E-state index is 13.1. The summed E-state index contributed by atoms with van der Waals surface area (Å²) in [5.74, 6) is 0.844. The van der Waals surface area contributed by atoms with Crippen LogP contribution >= 0.6 is 11.3 Å². The van der Waals surface area contributed by atoms with Gasteiger partial charge in [0.25, 0.3) is 5.91 Å². The second kappa shape index (κ2) is 8.43. The number of nitrogens with zero attached hydrogens (tertiary/aromatic N) is 5. The summed E-state index contributed by atoms with van der Waals surface area (Å²) in [5, 5.41) is 10.7. The number of aromatic nitrogens is 3. The highest BCUT2D eigenvalue weighted by Gasteiger charge is 2.32. The molecule has 158 valence electrons. The number of pyridine rings is 1. The molecule has 0 radical (unpaired) electrons. The fourth-order valence-corrected chi connectivity index (χ4v) is 4.69. The topological polar surface area (TPSA) is 91.3 Å². The number of fused-ring (bicyclic) bond motifs is 1. The highest BCUT2D eigenvalue weighted by atomic mass is 32.1. The first-order valence-electron chi connectivity index (χ1n) is 10.4. The van der Waals surface area contributed by atoms with Crippen molar-refractivity contribution in [3.63, 3.8) is 0 Å². The van der Waals surface area contributed by atoms with E-state index in [9.17, 15) is 9.59 Å². The maximum absolute atomic E-state index is 13.1. The Morgan fingerprint density at radius 2 is 1.90 bits per heavy atom. The van der Waals surface area contributed by atoms with E-state index in [-0.39, 0.29) is 17.7 Å². The smallest absolute Gasteiger partial charge is 0.259 e. The lowest BCUT2D eigenvalue weighted by molar-refractivity contribution is -0.122. The average Bonchev–Trinajstić information content (AvgIpc) is 3.49. The Bertz CT molecular complexity index is 1080. The minimum Gasteiger partial charge on any atom is -0.357 e. The number of carbonyl (C=O) groups is 2. The Morgan fingerprint density at radius 1 is 1.06 bits per heavy atom. The second-order valence-electron chi connectivity index (χ2n) is 7.73. The molecule has 2 amide bonds. The van der Waals surface area contributed by atoms with Gasteiger partial charge in [-0.05, 0) is 43.0 Å². The number of nitrogens with one attached hydrogen (secondary N) is 1. The summed E-state index contributed by atoms with van der Waals surface area (Å²) in [6.07, 6.45) is 4.12. The van der Waals surface area contributed by atoms with Gasteiger partial charge in [0.2, 0.25) is 11.0 Å². The SMILES string of the molecule is O=C(Nc1nncs1)c1ccc(N2CCC(C(=O)N3CCc4ccccc43)CC2)nc1. The molecule has 0 aliphatic carbocycles. The molecule has 9 heteroatoms. The zero-order valence-electron chi connectivity index (χ0n) is 16.9. The summed E-state index contributed by atoms with van der Waals surface area (Å²) in [7, 11) is 0. The number of hydrogen-bond acceptors (Lipinski definition) is 7. The molecular formula is C22H22N6O2S. The van der Waals surface area contributed by atoms with Crippen molar-refractivity contribution in [2.45, 2.75) is 19.3 Å². The van der Waals surface area contributed by atoms with E-state index >= 15 is 0 Å². The quantitative estimate of drug-likeness (QED) is 0.679. The first-order chi connectivity index (χ1) is 15.2. The fraction of sp³-hybridized carbons (Fsp3) is 0.318. The molecule has 31 heavy (non-hydrogen) atoms. The van der Waals surface area contributed by atoms with Gasteiger partial charge in [0, 0.05) is 37.4 Å². The predicted octanol–water partition coefficient (Wildman–Crippen LogP) is 2.99. The zero-order chi connectivity index (χ0) is 21.2. The normalized spacial score (nSPS) is 16.3. The van der Waals surface area contributed by atoms with Crippen molar-refractivity contribution < 1.29 is 9.59 Å². The first-order valence-corrected chi connectivity index (χ1v) is 11.2. The molecule has 8 nitrogen and oxygen atoms in total. The second-order valence-corrected chi connectivity index (χ2v) is 8.57. The highest BCUT2D eigenvalue weighted by Crippen LogP contribution is 2.31. The monoisotopic (exact) mass is 434 g/mol. The maximum Gasteiger partial charge on any atom is 0.259 e. The molecule has 0 unspecified atom stereocenters. The van der Waals surface area contributed by atoms with Crippen molar-refractivity contribution in [3.8, 4) is 0 Å². The van der Waals surface area contributed by atoms with Gasteiger partial charge in [0.15, 0.2) is 0 Å². The summed E-state index contributed by atoms with van der Waals surface area (Å²) in [5.41, 5.74) is 4.36. The lowest BCUT2D eigenvalue weighted by atomic mass is 9.95. The average molecular weight is 435 g/mol. The van der Waals surface area contributed by atoms with Crippen molar-refractivity contribution >= 4 is 39.8 Å². The zero-order valence-corrected chi connectivity index (χ0v) is 17.7. The molecule has 0 spiro atoms. The third-order valence-electron chi connectivity index (χ3n) is 5.91. The predicted molar refractivity (Wildman–Crippen MR) is 120 cm³/mol. The van der Waals surface area contributed by atoms with Crippen LogP contribution in [0.1, 0.15) is 28.8 Å². The molecule has 3 aromatic rings. The van der Waals surface area contributed by atoms with Gasteiger partial charge in [-0.25, -0.2) is 4.98 Å². The van der Waals surface area contributed by atoms with Crippen LogP contribution in [-0.4, -0.2) is 46.6 Å². The lowest BCUT2D eigenvalue weighted by Gasteiger charge is -2.34. The Balaban J connectivity index is 1.18. The number of para-hydroxylation sites is 1. The molecule has 2 aromatic heterocycles. The molecule has 4 heterocycles. The van der Waals surface area contributed by atoms with Gasteiger partial charge >= 0.3 is 0 Å². The molecule has 2 aliphatic rings. The van der Waals surface area contributed by atoms with Crippen LogP contribution in [0.2, 0.25) is 0 Å². The minimum atomic E-state index is -0.258. The number of hydrogen-bond donors (Lipinski definition) is 1. The fourth-order valence-electron chi connectivity index (χ4n) is 4.25. The van der Waals surface area contributed by atoms with Crippen molar-refractivity contribution in [2.75, 3.05) is 34.8 Å². The van der Waals surface area contributed by atoms with Crippen molar-refractivity contribution in [1.82, 2.24) is 15.2 Å². The summed E-state index contributed by atoms with van der Waals surface area (Å²) in [6, 6.07) is 11.8. The molecule has 1 fully saturated rings. The van der Waals surface area contributed by atoms with Crippen LogP contribution in [0.25, 0.3) is 0 Å². The molecule has 5 rings (SSSR count). The molecule has 1 saturated heterocycles. The highest BCUT2D eigenvalue weighted by molar-refractivity contribution is 7.13. The van der Waals surface area contributed by atoms with Gasteiger partial charge in [-0.15, -0.1) is 10.2 Å². The van der Waals surface area contributed by atoms with E-state index in [2.05, 4.69) is 31.5 Å². The lowest BCUT2D eigenvalue weighted by Crippen LogP contribution is -2.42. The van der Waals surface area contributed by atoms with E-state index < -0.39 is 0 Å². The number of anilines is 3. The van der Waals surface area contributed by atoms with Gasteiger partial charge in [-0.3, -0.25) is 14.9 Å². The van der Waals surface area contributed by atoms with Crippen LogP contribution in [0.4, 0.5) is 16.6 Å². The molecule has 1 aromatic carbocycles. The number of carbonyl (C=O) groups excluding carboxylic acids is 2. The Morgan fingerprint density at radius 3 is 2.65 bits per heavy atom. The van der Waals surface area contributed by atoms with E-state index in [1.54, 1.807) is 17.8 Å². The molecule has 0 atom stereocenters. The van der Waals surface area contributed by atoms with Crippen molar-refractivity contribution in [3.05, 3.63) is 59.2 Å². The van der Waals surface area contributed by atoms with Gasteiger partial charge < -0.3 is 9.80 Å². The largest absolute Gasteiger partial charge is 0.357 e. The number of amides is 2. The Kier molecular flexibility index (Phi) is 5.33. The van der Waals surface area contributed by atoms with Crippen LogP contribution in [-0.2, 0) is 11.2 Å². The van der Waals surface area contributed by atoms with Crippen LogP contribution in [0, 0.1) is 5.92 Å². The van der Waals surface area contributed by atoms with Crippen LogP contribution in [0.3, 0.4) is 0 Å². The summed E-state index contributed by atoms with van der Waals surface area (Å²) < 4.78 is 0. The Hall–Kier alpha value is -3.33. The van der Waals surface area contributed by atoms with E-state index in [0.717, 1.165) is 50.4 Å². The molecule has 0 bridgehead atoms. The van der Waals surface area contributed by atoms with Crippen molar-refractivity contribution in [1.29, 1.82) is 0 Å². The summed E-state index contributed by atoms with van der Waals surface area (Å²) in [4.78, 5) is 34.0. The molecule has 0 saturated carbocycles. The standard InChI is InChI=1S/C22H22N6O2S/c29-20(25-22-26-24-14-31-22)17-5-6-19(23-13-17)27-10-7-16(8-11-27)21(30)28-12-9-15-3-1-2-4-18(15)28/h1-6,13-14,16H,7-12H2,(H,25,26,29). The van der Waals surface area contributed by atoms with E-state index in [4.69, 9.17) is 0 Å². The third kappa shape index (κ3) is 4.00. The van der Waals surface area contributed by atoms with E-state index in [1.165, 1.54) is 16.9 Å². The first kappa shape index (κ1) is 19.6. The molecular weight excluding hydrogens is 412 g/mol. The van der Waals surface area contributed by atoms with E-state index in [1.807, 2.05) is 29.2 Å².